The summed E-state index contributed by atoms with van der Waals surface area (Å²) in [5, 5.41) is 8.46. The van der Waals surface area contributed by atoms with Gasteiger partial charge < -0.3 is 9.84 Å². The van der Waals surface area contributed by atoms with Gasteiger partial charge in [0, 0.05) is 12.8 Å². The lowest BCUT2D eigenvalue weighted by atomic mass is 9.99. The highest BCUT2D eigenvalue weighted by Gasteiger charge is 2.10. The van der Waals surface area contributed by atoms with Crippen molar-refractivity contribution in [3.8, 4) is 0 Å². The van der Waals surface area contributed by atoms with Gasteiger partial charge in [-0.2, -0.15) is 0 Å². The Kier molecular flexibility index (Phi) is 10.4. The topological polar surface area (TPSA) is 63.6 Å². The lowest BCUT2D eigenvalue weighted by Crippen LogP contribution is -2.14. The molecule has 0 unspecified atom stereocenters. The molecule has 0 fully saturated rings. The summed E-state index contributed by atoms with van der Waals surface area (Å²) >= 11 is 0. The van der Waals surface area contributed by atoms with Crippen molar-refractivity contribution in [2.75, 3.05) is 6.61 Å². The van der Waals surface area contributed by atoms with E-state index in [4.69, 9.17) is 9.84 Å². The summed E-state index contributed by atoms with van der Waals surface area (Å²) in [6.07, 6.45) is 6.01. The predicted octanol–water partition coefficient (Wildman–Crippen LogP) is 3.39. The number of aliphatic carboxylic acids is 1. The Morgan fingerprint density at radius 2 is 1.61 bits per heavy atom. The van der Waals surface area contributed by atoms with E-state index in [0.717, 1.165) is 25.7 Å². The minimum Gasteiger partial charge on any atom is -0.481 e. The highest BCUT2D eigenvalue weighted by Crippen LogP contribution is 2.14. The smallest absolute Gasteiger partial charge is 0.305 e. The normalized spacial score (nSPS) is 10.6. The van der Waals surface area contributed by atoms with Crippen LogP contribution in [0.2, 0.25) is 0 Å². The number of hydrogen-bond acceptors (Lipinski definition) is 3. The van der Waals surface area contributed by atoms with Crippen LogP contribution in [0.4, 0.5) is 0 Å². The van der Waals surface area contributed by atoms with Crippen molar-refractivity contribution in [2.24, 2.45) is 5.92 Å². The van der Waals surface area contributed by atoms with Gasteiger partial charge in [-0.3, -0.25) is 9.59 Å². The first kappa shape index (κ1) is 16.9. The summed E-state index contributed by atoms with van der Waals surface area (Å²) in [7, 11) is 0. The monoisotopic (exact) mass is 258 g/mol. The average molecular weight is 258 g/mol. The van der Waals surface area contributed by atoms with Crippen molar-refractivity contribution in [1.29, 1.82) is 0 Å². The molecule has 0 atom stereocenters. The molecule has 0 aromatic carbocycles. The van der Waals surface area contributed by atoms with E-state index >= 15 is 0 Å². The van der Waals surface area contributed by atoms with Crippen LogP contribution in [0.3, 0.4) is 0 Å². The molecule has 4 heteroatoms. The maximum Gasteiger partial charge on any atom is 0.305 e. The SMILES string of the molecule is CCCC(CCC)COC(=O)CCCCC(=O)O. The van der Waals surface area contributed by atoms with Gasteiger partial charge in [-0.25, -0.2) is 0 Å². The zero-order valence-corrected chi connectivity index (χ0v) is 11.6. The molecule has 0 aliphatic heterocycles. The van der Waals surface area contributed by atoms with Gasteiger partial charge in [0.25, 0.3) is 0 Å². The number of carboxylic acid groups (broad SMARTS) is 1. The number of rotatable bonds is 11. The van der Waals surface area contributed by atoms with Crippen molar-refractivity contribution >= 4 is 11.9 Å². The summed E-state index contributed by atoms with van der Waals surface area (Å²) in [5.41, 5.74) is 0. The molecule has 0 spiro atoms. The van der Waals surface area contributed by atoms with Gasteiger partial charge >= 0.3 is 11.9 Å². The molecule has 0 aromatic rings. The first-order valence-corrected chi connectivity index (χ1v) is 6.97. The molecular weight excluding hydrogens is 232 g/mol. The second-order valence-electron chi connectivity index (χ2n) is 4.73. The van der Waals surface area contributed by atoms with Crippen LogP contribution in [0.15, 0.2) is 0 Å². The van der Waals surface area contributed by atoms with Gasteiger partial charge in [-0.1, -0.05) is 26.7 Å². The van der Waals surface area contributed by atoms with Crippen molar-refractivity contribution < 1.29 is 19.4 Å². The summed E-state index contributed by atoms with van der Waals surface area (Å²) < 4.78 is 5.23. The third-order valence-electron chi connectivity index (χ3n) is 2.90. The Labute approximate surface area is 110 Å². The molecule has 0 rings (SSSR count). The molecule has 0 radical (unpaired) electrons. The minimum atomic E-state index is -0.811. The Morgan fingerprint density at radius 1 is 1.06 bits per heavy atom. The van der Waals surface area contributed by atoms with E-state index in [1.165, 1.54) is 0 Å². The number of carboxylic acids is 1. The molecule has 18 heavy (non-hydrogen) atoms. The average Bonchev–Trinajstić information content (AvgIpc) is 2.32. The van der Waals surface area contributed by atoms with Crippen molar-refractivity contribution in [3.63, 3.8) is 0 Å². The van der Waals surface area contributed by atoms with Gasteiger partial charge in [0.1, 0.15) is 0 Å². The molecule has 1 N–H and O–H groups in total. The summed E-state index contributed by atoms with van der Waals surface area (Å²) in [6, 6.07) is 0. The van der Waals surface area contributed by atoms with Crippen molar-refractivity contribution in [1.82, 2.24) is 0 Å². The van der Waals surface area contributed by atoms with Crippen LogP contribution < -0.4 is 0 Å². The van der Waals surface area contributed by atoms with Crippen LogP contribution in [-0.2, 0) is 14.3 Å². The first-order valence-electron chi connectivity index (χ1n) is 6.97. The number of carbonyl (C=O) groups excluding carboxylic acids is 1. The molecule has 106 valence electrons. The summed E-state index contributed by atoms with van der Waals surface area (Å²) in [6.45, 7) is 4.78. The van der Waals surface area contributed by atoms with Crippen LogP contribution in [0.5, 0.6) is 0 Å². The fourth-order valence-corrected chi connectivity index (χ4v) is 1.96. The van der Waals surface area contributed by atoms with Crippen LogP contribution in [0.1, 0.15) is 65.2 Å². The largest absolute Gasteiger partial charge is 0.481 e. The Balaban J connectivity index is 3.63. The lowest BCUT2D eigenvalue weighted by molar-refractivity contribution is -0.145. The Hall–Kier alpha value is -1.06. The predicted molar refractivity (Wildman–Crippen MR) is 70.4 cm³/mol. The second kappa shape index (κ2) is 11.1. The quantitative estimate of drug-likeness (QED) is 0.456. The maximum absolute atomic E-state index is 11.4. The second-order valence-corrected chi connectivity index (χ2v) is 4.73. The number of ether oxygens (including phenoxy) is 1. The summed E-state index contributed by atoms with van der Waals surface area (Å²) in [5.74, 6) is -0.533. The molecule has 0 bridgehead atoms. The number of unbranched alkanes of at least 4 members (excludes halogenated alkanes) is 1. The van der Waals surface area contributed by atoms with E-state index in [-0.39, 0.29) is 12.4 Å². The fraction of sp³-hybridized carbons (Fsp3) is 0.857. The standard InChI is InChI=1S/C14H26O4/c1-3-7-12(8-4-2)11-18-14(17)10-6-5-9-13(15)16/h12H,3-11H2,1-2H3,(H,15,16). The van der Waals surface area contributed by atoms with E-state index in [9.17, 15) is 9.59 Å². The van der Waals surface area contributed by atoms with E-state index in [1.54, 1.807) is 0 Å². The van der Waals surface area contributed by atoms with Gasteiger partial charge in [0.2, 0.25) is 0 Å². The summed E-state index contributed by atoms with van der Waals surface area (Å²) in [4.78, 5) is 21.7. The maximum atomic E-state index is 11.4. The minimum absolute atomic E-state index is 0.127. The highest BCUT2D eigenvalue weighted by atomic mass is 16.5. The van der Waals surface area contributed by atoms with E-state index in [2.05, 4.69) is 13.8 Å². The zero-order valence-electron chi connectivity index (χ0n) is 11.6. The third-order valence-corrected chi connectivity index (χ3v) is 2.90. The Morgan fingerprint density at radius 3 is 2.11 bits per heavy atom. The Bertz CT molecular complexity index is 232. The van der Waals surface area contributed by atoms with Crippen LogP contribution in [0, 0.1) is 5.92 Å². The van der Waals surface area contributed by atoms with Crippen LogP contribution in [0.25, 0.3) is 0 Å². The van der Waals surface area contributed by atoms with Gasteiger partial charge in [-0.15, -0.1) is 0 Å². The van der Waals surface area contributed by atoms with Crippen molar-refractivity contribution in [2.45, 2.75) is 65.2 Å². The zero-order chi connectivity index (χ0) is 13.8. The first-order chi connectivity index (χ1) is 8.60. The lowest BCUT2D eigenvalue weighted by Gasteiger charge is -2.15. The van der Waals surface area contributed by atoms with Gasteiger partial charge in [0.05, 0.1) is 6.61 Å². The van der Waals surface area contributed by atoms with E-state index < -0.39 is 5.97 Å². The molecule has 0 aliphatic rings. The van der Waals surface area contributed by atoms with Crippen LogP contribution in [-0.4, -0.2) is 23.7 Å². The molecule has 0 aromatic heterocycles. The van der Waals surface area contributed by atoms with E-state index in [0.29, 0.717) is 31.8 Å². The fourth-order valence-electron chi connectivity index (χ4n) is 1.96. The number of hydrogen-bond donors (Lipinski definition) is 1. The molecule has 0 saturated carbocycles. The molecular formula is C14H26O4. The number of carbonyl (C=O) groups is 2. The third kappa shape index (κ3) is 10.1. The highest BCUT2D eigenvalue weighted by molar-refractivity contribution is 5.69. The van der Waals surface area contributed by atoms with Crippen LogP contribution >= 0.6 is 0 Å². The number of esters is 1. The molecule has 0 heterocycles. The van der Waals surface area contributed by atoms with Gasteiger partial charge in [-0.05, 0) is 31.6 Å². The molecule has 0 amide bonds. The molecule has 0 saturated heterocycles. The van der Waals surface area contributed by atoms with Gasteiger partial charge in [0.15, 0.2) is 0 Å². The molecule has 0 aliphatic carbocycles. The molecule has 4 nitrogen and oxygen atoms in total. The van der Waals surface area contributed by atoms with Crippen molar-refractivity contribution in [3.05, 3.63) is 0 Å². The van der Waals surface area contributed by atoms with E-state index in [1.807, 2.05) is 0 Å².